The van der Waals surface area contributed by atoms with Crippen molar-refractivity contribution in [3.63, 3.8) is 0 Å². The van der Waals surface area contributed by atoms with Crippen molar-refractivity contribution in [3.8, 4) is 0 Å². The van der Waals surface area contributed by atoms with Gasteiger partial charge in [0, 0.05) is 35.7 Å². The molecule has 0 saturated carbocycles. The first-order valence-electron chi connectivity index (χ1n) is 5.73. The molecular weight excluding hydrogens is 286 g/mol. The molecule has 0 bridgehead atoms. The van der Waals surface area contributed by atoms with E-state index in [0.717, 1.165) is 10.4 Å². The van der Waals surface area contributed by atoms with E-state index in [0.29, 0.717) is 6.42 Å². The number of thiophene rings is 1. The van der Waals surface area contributed by atoms with Crippen LogP contribution in [0.2, 0.25) is 0 Å². The minimum Gasteiger partial charge on any atom is -0.396 e. The van der Waals surface area contributed by atoms with Gasteiger partial charge in [0.2, 0.25) is 0 Å². The second-order valence-electron chi connectivity index (χ2n) is 4.07. The van der Waals surface area contributed by atoms with E-state index >= 15 is 0 Å². The molecule has 0 spiro atoms. The van der Waals surface area contributed by atoms with Gasteiger partial charge in [-0.3, -0.25) is 5.10 Å². The lowest BCUT2D eigenvalue weighted by Gasteiger charge is -2.11. The molecule has 0 aliphatic carbocycles. The Labute approximate surface area is 115 Å². The molecule has 0 aliphatic rings. The fourth-order valence-electron chi connectivity index (χ4n) is 1.60. The van der Waals surface area contributed by atoms with Gasteiger partial charge in [-0.2, -0.15) is 5.10 Å². The zero-order chi connectivity index (χ0) is 13.9. The van der Waals surface area contributed by atoms with Gasteiger partial charge < -0.3 is 5.11 Å². The summed E-state index contributed by atoms with van der Waals surface area (Å²) in [6.07, 6.45) is 3.70. The van der Waals surface area contributed by atoms with E-state index in [2.05, 4.69) is 14.9 Å². The number of aliphatic hydroxyl groups is 1. The molecule has 2 rings (SSSR count). The smallest absolute Gasteiger partial charge is 0.250 e. The normalized spacial score (nSPS) is 13.6. The molecule has 19 heavy (non-hydrogen) atoms. The largest absolute Gasteiger partial charge is 0.396 e. The van der Waals surface area contributed by atoms with Gasteiger partial charge in [0.25, 0.3) is 10.0 Å². The van der Waals surface area contributed by atoms with Crippen molar-refractivity contribution in [1.29, 1.82) is 0 Å². The predicted molar refractivity (Wildman–Crippen MR) is 72.4 cm³/mol. The number of aliphatic hydroxyl groups excluding tert-OH is 1. The van der Waals surface area contributed by atoms with Crippen LogP contribution in [0.3, 0.4) is 0 Å². The first-order chi connectivity index (χ1) is 9.03. The fraction of sp³-hybridized carbons (Fsp3) is 0.364. The van der Waals surface area contributed by atoms with Crippen molar-refractivity contribution >= 4 is 21.4 Å². The van der Waals surface area contributed by atoms with Crippen LogP contribution in [-0.4, -0.2) is 30.3 Å². The van der Waals surface area contributed by atoms with Crippen molar-refractivity contribution in [2.24, 2.45) is 0 Å². The molecule has 0 aromatic carbocycles. The lowest BCUT2D eigenvalue weighted by Crippen LogP contribution is -2.25. The molecular formula is C11H15N3O3S2. The predicted octanol–water partition coefficient (Wildman–Crippen LogP) is 1.05. The Hall–Kier alpha value is -1.22. The number of aromatic nitrogens is 2. The Balaban J connectivity index is 2.13. The lowest BCUT2D eigenvalue weighted by molar-refractivity contribution is 0.300. The molecule has 104 valence electrons. The van der Waals surface area contributed by atoms with Gasteiger partial charge in [-0.25, -0.2) is 13.1 Å². The Morgan fingerprint density at radius 1 is 1.53 bits per heavy atom. The Kier molecular flexibility index (Phi) is 4.35. The van der Waals surface area contributed by atoms with Crippen LogP contribution in [0.1, 0.15) is 23.4 Å². The molecule has 0 radical (unpaired) electrons. The first kappa shape index (κ1) is 14.2. The molecule has 2 aromatic heterocycles. The monoisotopic (exact) mass is 301 g/mol. The molecule has 0 amide bonds. The highest BCUT2D eigenvalue weighted by molar-refractivity contribution is 7.91. The highest BCUT2D eigenvalue weighted by Gasteiger charge is 2.20. The number of hydrogen-bond acceptors (Lipinski definition) is 5. The summed E-state index contributed by atoms with van der Waals surface area (Å²) in [4.78, 5) is 0.846. The quantitative estimate of drug-likeness (QED) is 0.743. The Bertz CT molecular complexity index is 619. The maximum Gasteiger partial charge on any atom is 0.250 e. The van der Waals surface area contributed by atoms with Crippen LogP contribution in [0.25, 0.3) is 0 Å². The maximum atomic E-state index is 12.2. The molecule has 0 saturated heterocycles. The summed E-state index contributed by atoms with van der Waals surface area (Å²) in [6.45, 7) is 1.77. The Morgan fingerprint density at radius 2 is 2.32 bits per heavy atom. The van der Waals surface area contributed by atoms with E-state index in [-0.39, 0.29) is 16.9 Å². The number of nitrogens with one attached hydrogen (secondary N) is 2. The van der Waals surface area contributed by atoms with Gasteiger partial charge >= 0.3 is 0 Å². The third kappa shape index (κ3) is 3.41. The molecule has 8 heteroatoms. The van der Waals surface area contributed by atoms with Crippen molar-refractivity contribution in [3.05, 3.63) is 35.0 Å². The van der Waals surface area contributed by atoms with Crippen LogP contribution in [0, 0.1) is 0 Å². The third-order valence-electron chi connectivity index (χ3n) is 2.61. The third-order valence-corrected chi connectivity index (χ3v) is 5.79. The molecule has 3 N–H and O–H groups in total. The summed E-state index contributed by atoms with van der Waals surface area (Å²) in [6, 6.07) is 2.92. The number of hydrogen-bond donors (Lipinski definition) is 3. The summed E-state index contributed by atoms with van der Waals surface area (Å²) in [5.41, 5.74) is 0.774. The van der Waals surface area contributed by atoms with E-state index in [1.54, 1.807) is 31.5 Å². The van der Waals surface area contributed by atoms with Crippen LogP contribution < -0.4 is 4.72 Å². The summed E-state index contributed by atoms with van der Waals surface area (Å²) in [5, 5.41) is 15.3. The summed E-state index contributed by atoms with van der Waals surface area (Å²) in [7, 11) is -3.54. The van der Waals surface area contributed by atoms with E-state index in [1.165, 1.54) is 11.3 Å². The van der Waals surface area contributed by atoms with Gasteiger partial charge in [-0.15, -0.1) is 11.3 Å². The van der Waals surface area contributed by atoms with Gasteiger partial charge in [-0.1, -0.05) is 0 Å². The summed E-state index contributed by atoms with van der Waals surface area (Å²) < 4.78 is 27.2. The van der Waals surface area contributed by atoms with E-state index in [4.69, 9.17) is 5.11 Å². The zero-order valence-electron chi connectivity index (χ0n) is 10.3. The van der Waals surface area contributed by atoms with E-state index in [1.807, 2.05) is 0 Å². The van der Waals surface area contributed by atoms with Crippen LogP contribution in [-0.2, 0) is 16.4 Å². The zero-order valence-corrected chi connectivity index (χ0v) is 12.0. The number of sulfonamides is 1. The van der Waals surface area contributed by atoms with E-state index < -0.39 is 10.0 Å². The van der Waals surface area contributed by atoms with Gasteiger partial charge in [0.05, 0.1) is 6.20 Å². The second-order valence-corrected chi connectivity index (χ2v) is 7.18. The minimum absolute atomic E-state index is 0.0127. The maximum absolute atomic E-state index is 12.2. The van der Waals surface area contributed by atoms with Crippen LogP contribution in [0.5, 0.6) is 0 Å². The number of H-pyrrole nitrogens is 1. The van der Waals surface area contributed by atoms with Crippen molar-refractivity contribution < 1.29 is 13.5 Å². The number of rotatable bonds is 6. The topological polar surface area (TPSA) is 95.1 Å². The SMILES string of the molecule is CC(NS(=O)(=O)c1ccc(CCO)s1)c1cn[nH]c1. The molecule has 1 atom stereocenters. The van der Waals surface area contributed by atoms with Crippen LogP contribution in [0.15, 0.2) is 28.7 Å². The molecule has 6 nitrogen and oxygen atoms in total. The summed E-state index contributed by atoms with van der Waals surface area (Å²) >= 11 is 1.17. The number of nitrogens with zero attached hydrogens (tertiary/aromatic N) is 1. The first-order valence-corrected chi connectivity index (χ1v) is 8.03. The van der Waals surface area contributed by atoms with Gasteiger partial charge in [0.15, 0.2) is 0 Å². The highest BCUT2D eigenvalue weighted by atomic mass is 32.2. The highest BCUT2D eigenvalue weighted by Crippen LogP contribution is 2.23. The average molecular weight is 301 g/mol. The Morgan fingerprint density at radius 3 is 2.95 bits per heavy atom. The van der Waals surface area contributed by atoms with E-state index in [9.17, 15) is 8.42 Å². The molecule has 0 aliphatic heterocycles. The molecule has 1 unspecified atom stereocenters. The molecule has 2 aromatic rings. The second kappa shape index (κ2) is 5.83. The minimum atomic E-state index is -3.54. The van der Waals surface area contributed by atoms with Gasteiger partial charge in [-0.05, 0) is 19.1 Å². The fourth-order valence-corrected chi connectivity index (χ4v) is 4.20. The van der Waals surface area contributed by atoms with Crippen molar-refractivity contribution in [2.75, 3.05) is 6.61 Å². The number of aromatic amines is 1. The molecule has 0 fully saturated rings. The average Bonchev–Trinajstić information content (AvgIpc) is 2.99. The summed E-state index contributed by atoms with van der Waals surface area (Å²) in [5.74, 6) is 0. The van der Waals surface area contributed by atoms with Crippen LogP contribution in [0.4, 0.5) is 0 Å². The van der Waals surface area contributed by atoms with Crippen molar-refractivity contribution in [1.82, 2.24) is 14.9 Å². The molecule has 2 heterocycles. The standard InChI is InChI=1S/C11H15N3O3S2/c1-8(9-6-12-13-7-9)14-19(16,17)11-3-2-10(18-11)4-5-15/h2-3,6-8,14-15H,4-5H2,1H3,(H,12,13). The van der Waals surface area contributed by atoms with Gasteiger partial charge in [0.1, 0.15) is 4.21 Å². The van der Waals surface area contributed by atoms with Crippen molar-refractivity contribution in [2.45, 2.75) is 23.6 Å². The van der Waals surface area contributed by atoms with Crippen LogP contribution >= 0.6 is 11.3 Å². The lowest BCUT2D eigenvalue weighted by atomic mass is 10.2.